The molecule has 3 rings (SSSR count). The average Bonchev–Trinajstić information content (AvgIpc) is 3.04. The van der Waals surface area contributed by atoms with Crippen molar-refractivity contribution in [3.63, 3.8) is 0 Å². The number of fused-ring (bicyclic) bond motifs is 1. The van der Waals surface area contributed by atoms with Crippen molar-refractivity contribution in [3.05, 3.63) is 32.4 Å². The average molecular weight is 359 g/mol. The zero-order valence-electron chi connectivity index (χ0n) is 15.6. The van der Waals surface area contributed by atoms with Gasteiger partial charge in [0.25, 0.3) is 5.56 Å². The second-order valence-electron chi connectivity index (χ2n) is 8.01. The Morgan fingerprint density at radius 3 is 2.69 bits per heavy atom. The first kappa shape index (κ1) is 18.4. The van der Waals surface area contributed by atoms with E-state index < -0.39 is 5.63 Å². The molecule has 140 valence electrons. The summed E-state index contributed by atoms with van der Waals surface area (Å²) in [7, 11) is 0. The second-order valence-corrected chi connectivity index (χ2v) is 8.01. The van der Waals surface area contributed by atoms with Crippen LogP contribution in [0.3, 0.4) is 0 Å². The van der Waals surface area contributed by atoms with Crippen molar-refractivity contribution < 1.29 is 9.25 Å². The molecule has 0 amide bonds. The van der Waals surface area contributed by atoms with Gasteiger partial charge in [0, 0.05) is 6.07 Å². The highest BCUT2D eigenvalue weighted by Gasteiger charge is 2.16. The van der Waals surface area contributed by atoms with Gasteiger partial charge in [-0.2, -0.15) is 4.98 Å². The second kappa shape index (κ2) is 7.43. The molecular formula is C19H25N3O4. The molecule has 7 heteroatoms. The van der Waals surface area contributed by atoms with Crippen LogP contribution in [-0.2, 0) is 6.42 Å². The Balaban J connectivity index is 1.89. The summed E-state index contributed by atoms with van der Waals surface area (Å²) in [6.07, 6.45) is 6.45. The highest BCUT2D eigenvalue weighted by atomic mass is 16.6. The highest BCUT2D eigenvalue weighted by Crippen LogP contribution is 2.23. The fourth-order valence-corrected chi connectivity index (χ4v) is 3.16. The van der Waals surface area contributed by atoms with Gasteiger partial charge in [0.05, 0.1) is 5.71 Å². The minimum atomic E-state index is -0.519. The summed E-state index contributed by atoms with van der Waals surface area (Å²) < 4.78 is 5.13. The fraction of sp³-hybridized carbons (Fsp3) is 0.579. The van der Waals surface area contributed by atoms with Crippen molar-refractivity contribution >= 4 is 16.8 Å². The molecule has 0 spiro atoms. The number of nitrogens with zero attached hydrogens (tertiary/aromatic N) is 2. The molecule has 0 aromatic carbocycles. The van der Waals surface area contributed by atoms with Gasteiger partial charge in [-0.05, 0) is 55.9 Å². The van der Waals surface area contributed by atoms with Gasteiger partial charge < -0.3 is 9.25 Å². The predicted molar refractivity (Wildman–Crippen MR) is 99.8 cm³/mol. The summed E-state index contributed by atoms with van der Waals surface area (Å²) in [6, 6.07) is 1.32. The van der Waals surface area contributed by atoms with E-state index >= 15 is 0 Å². The van der Waals surface area contributed by atoms with E-state index in [0.29, 0.717) is 17.4 Å². The highest BCUT2D eigenvalue weighted by molar-refractivity contribution is 5.85. The lowest BCUT2D eigenvalue weighted by Crippen LogP contribution is -2.15. The number of hydrogen-bond donors (Lipinski definition) is 1. The van der Waals surface area contributed by atoms with Crippen molar-refractivity contribution in [2.24, 2.45) is 10.6 Å². The molecule has 7 nitrogen and oxygen atoms in total. The summed E-state index contributed by atoms with van der Waals surface area (Å²) in [6.45, 7) is 6.48. The molecule has 0 unspecified atom stereocenters. The van der Waals surface area contributed by atoms with Gasteiger partial charge in [-0.15, -0.1) is 0 Å². The summed E-state index contributed by atoms with van der Waals surface area (Å²) in [5.41, 5.74) is 0.891. The number of H-pyrrole nitrogens is 1. The van der Waals surface area contributed by atoms with Crippen LogP contribution >= 0.6 is 0 Å². The third-order valence-electron chi connectivity index (χ3n) is 4.49. The fourth-order valence-electron chi connectivity index (χ4n) is 3.16. The van der Waals surface area contributed by atoms with Gasteiger partial charge in [-0.25, -0.2) is 4.79 Å². The van der Waals surface area contributed by atoms with Crippen LogP contribution < -0.4 is 16.0 Å². The maximum Gasteiger partial charge on any atom is 0.337 e. The largest absolute Gasteiger partial charge is 0.403 e. The van der Waals surface area contributed by atoms with Crippen molar-refractivity contribution in [2.75, 3.05) is 0 Å². The molecule has 26 heavy (non-hydrogen) atoms. The molecule has 1 saturated carbocycles. The Labute approximate surface area is 151 Å². The molecule has 0 atom stereocenters. The first-order valence-electron chi connectivity index (χ1n) is 9.12. The summed E-state index contributed by atoms with van der Waals surface area (Å²) in [4.78, 5) is 36.3. The quantitative estimate of drug-likeness (QED) is 0.823. The summed E-state index contributed by atoms with van der Waals surface area (Å²) in [5, 5.41) is 4.33. The number of rotatable bonds is 5. The zero-order chi connectivity index (χ0) is 18.7. The maximum atomic E-state index is 12.5. The van der Waals surface area contributed by atoms with Crippen LogP contribution in [0.25, 0.3) is 11.1 Å². The Hall–Kier alpha value is -2.44. The van der Waals surface area contributed by atoms with Crippen LogP contribution in [0.5, 0.6) is 6.01 Å². The van der Waals surface area contributed by atoms with Crippen molar-refractivity contribution in [2.45, 2.75) is 65.7 Å². The normalized spacial score (nSPS) is 14.8. The van der Waals surface area contributed by atoms with E-state index in [0.717, 1.165) is 44.2 Å². The lowest BCUT2D eigenvalue weighted by atomic mass is 9.89. The van der Waals surface area contributed by atoms with Crippen LogP contribution in [-0.4, -0.2) is 15.7 Å². The smallest absolute Gasteiger partial charge is 0.337 e. The van der Waals surface area contributed by atoms with Gasteiger partial charge >= 0.3 is 11.6 Å². The summed E-state index contributed by atoms with van der Waals surface area (Å²) >= 11 is 0. The van der Waals surface area contributed by atoms with Crippen LogP contribution in [0.2, 0.25) is 0 Å². The number of aryl methyl sites for hydroxylation is 1. The van der Waals surface area contributed by atoms with E-state index in [-0.39, 0.29) is 22.7 Å². The first-order valence-corrected chi connectivity index (χ1v) is 9.12. The number of aromatic nitrogens is 2. The van der Waals surface area contributed by atoms with Crippen LogP contribution in [0.4, 0.5) is 0 Å². The van der Waals surface area contributed by atoms with E-state index in [1.54, 1.807) is 0 Å². The van der Waals surface area contributed by atoms with Crippen LogP contribution in [0.1, 0.15) is 64.9 Å². The van der Waals surface area contributed by atoms with Crippen molar-refractivity contribution in [3.8, 4) is 6.01 Å². The number of hydrogen-bond acceptors (Lipinski definition) is 6. The van der Waals surface area contributed by atoms with E-state index in [9.17, 15) is 9.59 Å². The van der Waals surface area contributed by atoms with E-state index in [4.69, 9.17) is 9.25 Å². The van der Waals surface area contributed by atoms with Gasteiger partial charge in [0.2, 0.25) is 5.71 Å². The molecular weight excluding hydrogens is 334 g/mol. The van der Waals surface area contributed by atoms with Gasteiger partial charge in [0.1, 0.15) is 5.39 Å². The molecule has 0 aliphatic heterocycles. The summed E-state index contributed by atoms with van der Waals surface area (Å²) in [5.74, 6) is 0. The predicted octanol–water partition coefficient (Wildman–Crippen LogP) is 3.55. The molecule has 2 aromatic heterocycles. The molecule has 0 radical (unpaired) electrons. The Morgan fingerprint density at radius 1 is 1.27 bits per heavy atom. The van der Waals surface area contributed by atoms with E-state index in [2.05, 4.69) is 35.9 Å². The lowest BCUT2D eigenvalue weighted by Gasteiger charge is -2.17. The standard InChI is InChI=1S/C19H25N3O4/c1-19(2,3)10-6-7-12-11-14(23)25-17-15(12)16(24)20-18(21-17)26-22-13-8-4-5-9-13/h11H,4-10H2,1-3H3,(H,20,21,24). The van der Waals surface area contributed by atoms with Crippen LogP contribution in [0.15, 0.2) is 25.2 Å². The molecule has 1 N–H and O–H groups in total. The van der Waals surface area contributed by atoms with Gasteiger partial charge in [-0.3, -0.25) is 9.78 Å². The SMILES string of the molecule is CC(C)(C)CCCc1cc(=O)oc2nc(ON=C3CCCC3)[nH]c(=O)c12. The third kappa shape index (κ3) is 4.59. The molecule has 1 fully saturated rings. The van der Waals surface area contributed by atoms with E-state index in [1.165, 1.54) is 6.07 Å². The van der Waals surface area contributed by atoms with Crippen molar-refractivity contribution in [1.82, 2.24) is 9.97 Å². The number of nitrogens with one attached hydrogen (secondary N) is 1. The maximum absolute atomic E-state index is 12.5. The molecule has 1 aliphatic rings. The Morgan fingerprint density at radius 2 is 2.00 bits per heavy atom. The monoisotopic (exact) mass is 359 g/mol. The number of oxime groups is 1. The minimum Gasteiger partial charge on any atom is -0.403 e. The zero-order valence-corrected chi connectivity index (χ0v) is 15.6. The minimum absolute atomic E-state index is 0.00590. The third-order valence-corrected chi connectivity index (χ3v) is 4.49. The number of aromatic amines is 1. The Bertz CT molecular complexity index is 926. The molecule has 2 heterocycles. The first-order chi connectivity index (χ1) is 12.3. The lowest BCUT2D eigenvalue weighted by molar-refractivity contribution is 0.309. The van der Waals surface area contributed by atoms with Gasteiger partial charge in [0.15, 0.2) is 0 Å². The van der Waals surface area contributed by atoms with Gasteiger partial charge in [-0.1, -0.05) is 25.9 Å². The molecule has 0 saturated heterocycles. The topological polar surface area (TPSA) is 97.5 Å². The van der Waals surface area contributed by atoms with Crippen LogP contribution in [0, 0.1) is 5.41 Å². The molecule has 1 aliphatic carbocycles. The van der Waals surface area contributed by atoms with E-state index in [1.807, 2.05) is 0 Å². The Kier molecular flexibility index (Phi) is 5.25. The van der Waals surface area contributed by atoms with Crippen molar-refractivity contribution in [1.29, 1.82) is 0 Å². The molecule has 0 bridgehead atoms. The molecule has 2 aromatic rings.